The molecule has 0 aliphatic rings. The average Bonchev–Trinajstić information content (AvgIpc) is 2.61. The summed E-state index contributed by atoms with van der Waals surface area (Å²) in [7, 11) is 0. The highest BCUT2D eigenvalue weighted by molar-refractivity contribution is 6.35. The first kappa shape index (κ1) is 22.2. The molecular weight excluding hydrogens is 378 g/mol. The summed E-state index contributed by atoms with van der Waals surface area (Å²) in [5.41, 5.74) is 2.54. The molecule has 2 amide bonds. The van der Waals surface area contributed by atoms with Crippen LogP contribution in [0.2, 0.25) is 5.02 Å². The Balaban J connectivity index is 2.79. The van der Waals surface area contributed by atoms with E-state index in [1.807, 2.05) is 6.92 Å². The summed E-state index contributed by atoms with van der Waals surface area (Å²) in [6.45, 7) is 3.71. The predicted molar refractivity (Wildman–Crippen MR) is 96.8 cm³/mol. The van der Waals surface area contributed by atoms with Crippen LogP contribution in [0.3, 0.4) is 0 Å². The van der Waals surface area contributed by atoms with Gasteiger partial charge in [-0.15, -0.1) is 0 Å². The van der Waals surface area contributed by atoms with Gasteiger partial charge in [-0.25, -0.2) is 5.43 Å². The number of hydrogen-bond donors (Lipinski definition) is 2. The molecule has 0 fully saturated rings. The van der Waals surface area contributed by atoms with E-state index in [9.17, 15) is 19.5 Å². The van der Waals surface area contributed by atoms with Crippen molar-refractivity contribution in [3.05, 3.63) is 22.7 Å². The largest absolute Gasteiger partial charge is 0.546 e. The smallest absolute Gasteiger partial charge is 0.329 e. The van der Waals surface area contributed by atoms with E-state index in [0.717, 1.165) is 12.8 Å². The summed E-state index contributed by atoms with van der Waals surface area (Å²) in [5, 5.41) is 16.8. The fourth-order valence-corrected chi connectivity index (χ4v) is 2.15. The number of hydrogen-bond acceptors (Lipinski definition) is 7. The van der Waals surface area contributed by atoms with Crippen molar-refractivity contribution in [3.8, 4) is 11.5 Å². The first-order valence-electron chi connectivity index (χ1n) is 8.29. The SMILES string of the molecule is CCCCNC(=O)C(=O)N/N=C\c1cc(Cl)c(OCC(=O)[O-])c(OCC)c1. The maximum atomic E-state index is 11.6. The van der Waals surface area contributed by atoms with Gasteiger partial charge in [0.25, 0.3) is 0 Å². The van der Waals surface area contributed by atoms with Crippen molar-refractivity contribution in [2.75, 3.05) is 19.8 Å². The lowest BCUT2D eigenvalue weighted by atomic mass is 10.2. The van der Waals surface area contributed by atoms with Crippen molar-refractivity contribution in [2.24, 2.45) is 5.10 Å². The van der Waals surface area contributed by atoms with Gasteiger partial charge in [-0.2, -0.15) is 5.10 Å². The van der Waals surface area contributed by atoms with Gasteiger partial charge in [0.1, 0.15) is 6.61 Å². The normalized spacial score (nSPS) is 10.5. The van der Waals surface area contributed by atoms with Crippen molar-refractivity contribution >= 4 is 35.6 Å². The molecule has 0 saturated heterocycles. The van der Waals surface area contributed by atoms with E-state index >= 15 is 0 Å². The van der Waals surface area contributed by atoms with Crippen LogP contribution in [-0.2, 0) is 14.4 Å². The van der Waals surface area contributed by atoms with Crippen molar-refractivity contribution in [2.45, 2.75) is 26.7 Å². The second kappa shape index (κ2) is 11.7. The second-order valence-corrected chi connectivity index (χ2v) is 5.64. The van der Waals surface area contributed by atoms with Gasteiger partial charge in [-0.1, -0.05) is 24.9 Å². The van der Waals surface area contributed by atoms with Gasteiger partial charge in [0.2, 0.25) is 0 Å². The number of ether oxygens (including phenoxy) is 2. The molecule has 0 unspecified atom stereocenters. The molecule has 1 aromatic rings. The van der Waals surface area contributed by atoms with Gasteiger partial charge in [0.05, 0.1) is 23.8 Å². The molecule has 10 heteroatoms. The fraction of sp³-hybridized carbons (Fsp3) is 0.412. The zero-order valence-electron chi connectivity index (χ0n) is 15.0. The zero-order chi connectivity index (χ0) is 20.2. The number of carbonyl (C=O) groups is 3. The molecule has 1 aromatic carbocycles. The molecule has 0 atom stereocenters. The first-order chi connectivity index (χ1) is 12.9. The van der Waals surface area contributed by atoms with Crippen LogP contribution in [-0.4, -0.2) is 43.8 Å². The van der Waals surface area contributed by atoms with E-state index < -0.39 is 24.4 Å². The molecule has 0 bridgehead atoms. The topological polar surface area (TPSA) is 129 Å². The third kappa shape index (κ3) is 7.95. The van der Waals surface area contributed by atoms with E-state index in [1.165, 1.54) is 18.3 Å². The number of rotatable bonds is 10. The van der Waals surface area contributed by atoms with Gasteiger partial charge in [-0.05, 0) is 31.0 Å². The summed E-state index contributed by atoms with van der Waals surface area (Å²) >= 11 is 6.09. The van der Waals surface area contributed by atoms with E-state index in [-0.39, 0.29) is 23.1 Å². The minimum Gasteiger partial charge on any atom is -0.546 e. The zero-order valence-corrected chi connectivity index (χ0v) is 15.8. The number of benzene rings is 1. The Bertz CT molecular complexity index is 708. The van der Waals surface area contributed by atoms with Crippen LogP contribution >= 0.6 is 11.6 Å². The molecule has 2 N–H and O–H groups in total. The van der Waals surface area contributed by atoms with Crippen LogP contribution < -0.4 is 25.3 Å². The highest BCUT2D eigenvalue weighted by atomic mass is 35.5. The molecule has 148 valence electrons. The molecule has 9 nitrogen and oxygen atoms in total. The van der Waals surface area contributed by atoms with Crippen LogP contribution in [0.1, 0.15) is 32.3 Å². The molecule has 1 rings (SSSR count). The maximum absolute atomic E-state index is 11.6. The predicted octanol–water partition coefficient (Wildman–Crippen LogP) is 0.234. The van der Waals surface area contributed by atoms with Gasteiger partial charge in [0, 0.05) is 6.54 Å². The summed E-state index contributed by atoms with van der Waals surface area (Å²) in [6, 6.07) is 2.93. The number of hydrazone groups is 1. The Kier molecular flexibility index (Phi) is 9.66. The molecule has 0 aliphatic heterocycles. The Morgan fingerprint density at radius 2 is 1.96 bits per heavy atom. The molecule has 0 spiro atoms. The molecule has 0 aromatic heterocycles. The number of aliphatic carboxylic acids is 1. The van der Waals surface area contributed by atoms with Gasteiger partial charge >= 0.3 is 11.8 Å². The summed E-state index contributed by atoms with van der Waals surface area (Å²) in [5.74, 6) is -2.82. The Morgan fingerprint density at radius 1 is 1.22 bits per heavy atom. The standard InChI is InChI=1S/C17H22ClN3O6/c1-3-5-6-19-16(24)17(25)21-20-9-11-7-12(18)15(27-10-14(22)23)13(8-11)26-4-2/h7-9H,3-6,10H2,1-2H3,(H,19,24)(H,21,25)(H,22,23)/p-1/b20-9-. The van der Waals surface area contributed by atoms with E-state index in [0.29, 0.717) is 12.1 Å². The van der Waals surface area contributed by atoms with Crippen molar-refractivity contribution < 1.29 is 29.0 Å². The van der Waals surface area contributed by atoms with Gasteiger partial charge in [-0.3, -0.25) is 9.59 Å². The molecule has 0 saturated carbocycles. The van der Waals surface area contributed by atoms with E-state index in [1.54, 1.807) is 6.92 Å². The minimum atomic E-state index is -1.40. The van der Waals surface area contributed by atoms with Crippen LogP contribution in [0.4, 0.5) is 0 Å². The Hall–Kier alpha value is -2.81. The Labute approximate surface area is 161 Å². The van der Waals surface area contributed by atoms with E-state index in [2.05, 4.69) is 15.8 Å². The van der Waals surface area contributed by atoms with Crippen LogP contribution in [0, 0.1) is 0 Å². The average molecular weight is 399 g/mol. The number of carboxylic acids is 1. The lowest BCUT2D eigenvalue weighted by Crippen LogP contribution is -2.38. The quantitative estimate of drug-likeness (QED) is 0.251. The van der Waals surface area contributed by atoms with Crippen molar-refractivity contribution in [1.82, 2.24) is 10.7 Å². The number of nitrogens with one attached hydrogen (secondary N) is 2. The van der Waals surface area contributed by atoms with Crippen molar-refractivity contribution in [3.63, 3.8) is 0 Å². The lowest BCUT2D eigenvalue weighted by molar-refractivity contribution is -0.307. The Morgan fingerprint density at radius 3 is 2.59 bits per heavy atom. The first-order valence-corrected chi connectivity index (χ1v) is 8.67. The van der Waals surface area contributed by atoms with Crippen molar-refractivity contribution in [1.29, 1.82) is 0 Å². The summed E-state index contributed by atoms with van der Waals surface area (Å²) in [4.78, 5) is 33.7. The second-order valence-electron chi connectivity index (χ2n) is 5.23. The third-order valence-electron chi connectivity index (χ3n) is 3.07. The number of carboxylic acid groups (broad SMARTS) is 1. The van der Waals surface area contributed by atoms with Gasteiger partial charge < -0.3 is 24.7 Å². The minimum absolute atomic E-state index is 0.0548. The van der Waals surface area contributed by atoms with Crippen LogP contribution in [0.25, 0.3) is 0 Å². The molecule has 0 aliphatic carbocycles. The number of nitrogens with zero attached hydrogens (tertiary/aromatic N) is 1. The monoisotopic (exact) mass is 398 g/mol. The molecule has 27 heavy (non-hydrogen) atoms. The third-order valence-corrected chi connectivity index (χ3v) is 3.35. The number of unbranched alkanes of at least 4 members (excludes halogenated alkanes) is 1. The number of halogens is 1. The molecule has 0 radical (unpaired) electrons. The lowest BCUT2D eigenvalue weighted by Gasteiger charge is -2.14. The highest BCUT2D eigenvalue weighted by Crippen LogP contribution is 2.36. The van der Waals surface area contributed by atoms with E-state index in [4.69, 9.17) is 21.1 Å². The van der Waals surface area contributed by atoms with Gasteiger partial charge in [0.15, 0.2) is 11.5 Å². The maximum Gasteiger partial charge on any atom is 0.329 e. The van der Waals surface area contributed by atoms with Crippen LogP contribution in [0.15, 0.2) is 17.2 Å². The van der Waals surface area contributed by atoms with Crippen LogP contribution in [0.5, 0.6) is 11.5 Å². The molecule has 0 heterocycles. The summed E-state index contributed by atoms with van der Waals surface area (Å²) < 4.78 is 10.4. The fourth-order valence-electron chi connectivity index (χ4n) is 1.87. The number of carbonyl (C=O) groups excluding carboxylic acids is 3. The number of amides is 2. The highest BCUT2D eigenvalue weighted by Gasteiger charge is 2.13. The summed E-state index contributed by atoms with van der Waals surface area (Å²) in [6.07, 6.45) is 2.92. The molecular formula is C17H21ClN3O6-.